The molecule has 0 spiro atoms. The number of rotatable bonds is 14. The van der Waals surface area contributed by atoms with Gasteiger partial charge in [0.25, 0.3) is 0 Å². The molecular weight excluding hydrogens is 637 g/mol. The summed E-state index contributed by atoms with van der Waals surface area (Å²) in [5.41, 5.74) is 5.05. The van der Waals surface area contributed by atoms with E-state index in [1.807, 2.05) is 48.5 Å². The third-order valence-corrected chi connectivity index (χ3v) is 9.78. The van der Waals surface area contributed by atoms with E-state index in [-0.39, 0.29) is 77.7 Å². The van der Waals surface area contributed by atoms with Gasteiger partial charge in [0.05, 0.1) is 19.4 Å². The maximum atomic E-state index is 13.8. The fourth-order valence-corrected chi connectivity index (χ4v) is 7.16. The fraction of sp³-hybridized carbons (Fsp3) is 0.500. The molecule has 1 amide bonds. The second-order valence-electron chi connectivity index (χ2n) is 14.7. The van der Waals surface area contributed by atoms with E-state index < -0.39 is 0 Å². The van der Waals surface area contributed by atoms with E-state index in [0.717, 1.165) is 91.7 Å². The van der Waals surface area contributed by atoms with E-state index >= 15 is 0 Å². The summed E-state index contributed by atoms with van der Waals surface area (Å²) in [6, 6.07) is 22.4. The fourth-order valence-electron chi connectivity index (χ4n) is 7.16. The van der Waals surface area contributed by atoms with Crippen LogP contribution in [0.15, 0.2) is 66.7 Å². The molecule has 8 heteroatoms. The number of anilines is 1. The zero-order valence-corrected chi connectivity index (χ0v) is 29.7. The summed E-state index contributed by atoms with van der Waals surface area (Å²) < 4.78 is 17.2. The van der Waals surface area contributed by atoms with Crippen LogP contribution in [0.4, 0.5) is 5.69 Å². The van der Waals surface area contributed by atoms with Gasteiger partial charge >= 0.3 is 41.5 Å². The summed E-state index contributed by atoms with van der Waals surface area (Å²) in [5.74, 6) is 1.27. The molecule has 7 nitrogen and oxygen atoms in total. The van der Waals surface area contributed by atoms with E-state index in [2.05, 4.69) is 51.2 Å². The first-order chi connectivity index (χ1) is 23.6. The van der Waals surface area contributed by atoms with Gasteiger partial charge in [0.15, 0.2) is 0 Å². The Balaban J connectivity index is 0.00000562. The number of hydrogen-bond donors (Lipinski definition) is 1. The Hall–Kier alpha value is -3.13. The van der Waals surface area contributed by atoms with Crippen LogP contribution >= 0.6 is 0 Å². The first-order valence-electron chi connectivity index (χ1n) is 18.2. The molecular formula is C42H54NNaO6. The average Bonchev–Trinajstić information content (AvgIpc) is 3.08. The van der Waals surface area contributed by atoms with Gasteiger partial charge in [0.1, 0.15) is 17.6 Å². The summed E-state index contributed by atoms with van der Waals surface area (Å²) in [6.07, 6.45) is 8.98. The number of amides is 1. The zero-order valence-electron chi connectivity index (χ0n) is 29.7. The van der Waals surface area contributed by atoms with E-state index in [9.17, 15) is 14.4 Å². The van der Waals surface area contributed by atoms with E-state index in [1.165, 1.54) is 5.56 Å². The molecule has 0 bridgehead atoms. The molecule has 1 N–H and O–H groups in total. The zero-order chi connectivity index (χ0) is 34.8. The summed E-state index contributed by atoms with van der Waals surface area (Å²) in [4.78, 5) is 38.2. The number of aryl methyl sites for hydroxylation is 1. The molecule has 3 aromatic carbocycles. The Morgan fingerprint density at radius 2 is 1.56 bits per heavy atom. The molecule has 1 heterocycles. The molecule has 0 saturated heterocycles. The normalized spacial score (nSPS) is 17.0. The Kier molecular flexibility index (Phi) is 15.0. The molecule has 1 fully saturated rings. The third kappa shape index (κ3) is 11.2. The minimum absolute atomic E-state index is 0. The van der Waals surface area contributed by atoms with Gasteiger partial charge in [-0.25, -0.2) is 0 Å². The number of benzene rings is 3. The topological polar surface area (TPSA) is 90.9 Å². The van der Waals surface area contributed by atoms with Gasteiger partial charge in [0, 0.05) is 29.2 Å². The summed E-state index contributed by atoms with van der Waals surface area (Å²) in [6.45, 7) is 9.03. The molecule has 1 aliphatic heterocycles. The van der Waals surface area contributed by atoms with Crippen molar-refractivity contribution in [2.24, 2.45) is 5.92 Å². The van der Waals surface area contributed by atoms with Gasteiger partial charge < -0.3 is 19.5 Å². The molecule has 0 aromatic heterocycles. The predicted molar refractivity (Wildman–Crippen MR) is 200 cm³/mol. The van der Waals surface area contributed by atoms with E-state index in [0.29, 0.717) is 18.9 Å². The van der Waals surface area contributed by atoms with E-state index in [1.54, 1.807) is 0 Å². The molecule has 5 rings (SSSR count). The van der Waals surface area contributed by atoms with E-state index in [4.69, 9.17) is 14.2 Å². The predicted octanol–water partition coefficient (Wildman–Crippen LogP) is 9.15. The Morgan fingerprint density at radius 3 is 2.24 bits per heavy atom. The molecule has 3 aromatic rings. The monoisotopic (exact) mass is 691 g/mol. The Morgan fingerprint density at radius 1 is 0.880 bits per heavy atom. The Bertz CT molecular complexity index is 1550. The number of carbonyl (C=O) groups is 3. The molecule has 50 heavy (non-hydrogen) atoms. The van der Waals surface area contributed by atoms with Crippen molar-refractivity contribution in [1.29, 1.82) is 0 Å². The van der Waals surface area contributed by atoms with Crippen LogP contribution in [-0.2, 0) is 35.7 Å². The molecule has 0 radical (unpaired) electrons. The van der Waals surface area contributed by atoms with Crippen LogP contribution < -0.4 is 10.1 Å². The van der Waals surface area contributed by atoms with Crippen LogP contribution in [0.2, 0.25) is 0 Å². The molecule has 2 unspecified atom stereocenters. The summed E-state index contributed by atoms with van der Waals surface area (Å²) in [7, 11) is 0. The van der Waals surface area contributed by atoms with Crippen LogP contribution in [-0.4, -0.2) is 60.1 Å². The van der Waals surface area contributed by atoms with Crippen molar-refractivity contribution in [3.8, 4) is 11.5 Å². The van der Waals surface area contributed by atoms with Crippen LogP contribution in [0.1, 0.15) is 126 Å². The number of unbranched alkanes of at least 4 members (excludes halogenated alkanes) is 2. The van der Waals surface area contributed by atoms with Crippen molar-refractivity contribution in [3.05, 3.63) is 89.0 Å². The molecule has 264 valence electrons. The molecule has 1 aliphatic carbocycles. The van der Waals surface area contributed by atoms with Gasteiger partial charge in [-0.05, 0) is 79.2 Å². The summed E-state index contributed by atoms with van der Waals surface area (Å²) in [5, 5.41) is 3.30. The van der Waals surface area contributed by atoms with Gasteiger partial charge in [-0.3, -0.25) is 14.4 Å². The molecule has 2 aliphatic rings. The second-order valence-corrected chi connectivity index (χ2v) is 14.7. The van der Waals surface area contributed by atoms with Crippen molar-refractivity contribution in [3.63, 3.8) is 0 Å². The van der Waals surface area contributed by atoms with Gasteiger partial charge in [-0.15, -0.1) is 0 Å². The SMILES string of the molecule is CCCCCOC(=O)CCC(=O)OC1CCCC(CCc2ccc(C(C)(C)C)c(NC(=O)CC3c4ccccc4Oc4ccccc43)c2)C1.[NaH]. The number of esters is 2. The number of fused-ring (bicyclic) bond motifs is 2. The first-order valence-corrected chi connectivity index (χ1v) is 18.2. The average molecular weight is 692 g/mol. The van der Waals surface area contributed by atoms with Crippen molar-refractivity contribution in [2.75, 3.05) is 11.9 Å². The number of para-hydroxylation sites is 2. The van der Waals surface area contributed by atoms with Gasteiger partial charge in [-0.1, -0.05) is 95.5 Å². The van der Waals surface area contributed by atoms with Crippen molar-refractivity contribution >= 4 is 53.1 Å². The van der Waals surface area contributed by atoms with Crippen molar-refractivity contribution < 1.29 is 28.6 Å². The van der Waals surface area contributed by atoms with Gasteiger partial charge in [0.2, 0.25) is 5.91 Å². The first kappa shape index (κ1) is 39.7. The maximum absolute atomic E-state index is 13.8. The number of nitrogens with one attached hydrogen (secondary N) is 1. The summed E-state index contributed by atoms with van der Waals surface area (Å²) >= 11 is 0. The van der Waals surface area contributed by atoms with Gasteiger partial charge in [-0.2, -0.15) is 0 Å². The Labute approximate surface area is 320 Å². The quantitative estimate of drug-likeness (QED) is 0.103. The number of ether oxygens (including phenoxy) is 3. The molecule has 2 atom stereocenters. The molecule has 1 saturated carbocycles. The van der Waals surface area contributed by atoms with Crippen LogP contribution in [0.25, 0.3) is 0 Å². The minimum atomic E-state index is -0.332. The standard InChI is InChI=1S/C42H53NO6.Na.H/c1-5-6-11-25-47-40(45)23-24-41(46)48-31-14-12-13-29(26-31)19-20-30-21-22-35(42(2,3)4)36(27-30)43-39(44)28-34-32-15-7-9-17-37(32)49-38-18-10-8-16-33(34)38;;/h7-10,15-18,21-22,27,29,31,34H,5-6,11-14,19-20,23-26,28H2,1-4H3,(H,43,44);;. The van der Waals surface area contributed by atoms with Crippen molar-refractivity contribution in [1.82, 2.24) is 0 Å². The number of carbonyl (C=O) groups excluding carboxylic acids is 3. The van der Waals surface area contributed by atoms with Crippen molar-refractivity contribution in [2.45, 2.75) is 122 Å². The third-order valence-electron chi connectivity index (χ3n) is 9.78. The second kappa shape index (κ2) is 18.9. The van der Waals surface area contributed by atoms with Crippen LogP contribution in [0.5, 0.6) is 11.5 Å². The number of hydrogen-bond acceptors (Lipinski definition) is 6. The van der Waals surface area contributed by atoms with Crippen LogP contribution in [0, 0.1) is 5.92 Å². The van der Waals surface area contributed by atoms with Crippen LogP contribution in [0.3, 0.4) is 0 Å².